The van der Waals surface area contributed by atoms with Gasteiger partial charge in [-0.1, -0.05) is 27.7 Å². The summed E-state index contributed by atoms with van der Waals surface area (Å²) in [5.41, 5.74) is 0. The molecule has 2 aliphatic heterocycles. The van der Waals surface area contributed by atoms with Gasteiger partial charge in [-0.3, -0.25) is 0 Å². The summed E-state index contributed by atoms with van der Waals surface area (Å²) >= 11 is 1.95. The van der Waals surface area contributed by atoms with Gasteiger partial charge in [0.2, 0.25) is 0 Å². The number of nitrogens with one attached hydrogen (secondary N) is 1. The van der Waals surface area contributed by atoms with Crippen molar-refractivity contribution in [2.24, 2.45) is 5.92 Å². The molecule has 1 aromatic heterocycles. The fourth-order valence-corrected chi connectivity index (χ4v) is 4.83. The number of nitrogens with zero attached hydrogens (tertiary/aromatic N) is 4. The largest absolute Gasteiger partial charge is 0.328 e. The lowest BCUT2D eigenvalue weighted by atomic mass is 10.0. The third kappa shape index (κ3) is 3.49. The SMILES string of the molecule is CC(C)[C@H](NC(=O)N1C[C@@H](C)S[C@H](C)C1)c1nnc2n1CCC2. The highest BCUT2D eigenvalue weighted by atomic mass is 32.2. The number of thioether (sulfide) groups is 1. The Balaban J connectivity index is 1.73. The molecule has 0 aliphatic carbocycles. The molecule has 3 rings (SSSR count). The van der Waals surface area contributed by atoms with Gasteiger partial charge in [0.1, 0.15) is 5.82 Å². The van der Waals surface area contributed by atoms with Gasteiger partial charge in [-0.05, 0) is 12.3 Å². The van der Waals surface area contributed by atoms with Crippen LogP contribution in [0.2, 0.25) is 0 Å². The summed E-state index contributed by atoms with van der Waals surface area (Å²) < 4.78 is 2.18. The molecule has 128 valence electrons. The van der Waals surface area contributed by atoms with E-state index in [1.165, 1.54) is 0 Å². The summed E-state index contributed by atoms with van der Waals surface area (Å²) in [6.45, 7) is 11.2. The lowest BCUT2D eigenvalue weighted by molar-refractivity contribution is 0.188. The van der Waals surface area contributed by atoms with E-state index in [-0.39, 0.29) is 18.0 Å². The standard InChI is InChI=1S/C16H27N5OS/c1-10(2)14(15-19-18-13-6-5-7-21(13)15)17-16(22)20-8-11(3)23-12(4)9-20/h10-12,14H,5-9H2,1-4H3,(H,17,22)/t11-,12-,14+/m1/s1. The Bertz CT molecular complexity index is 563. The second kappa shape index (κ2) is 6.71. The van der Waals surface area contributed by atoms with Gasteiger partial charge in [-0.2, -0.15) is 11.8 Å². The second-order valence-corrected chi connectivity index (χ2v) is 8.94. The molecule has 2 aliphatic rings. The molecule has 0 spiro atoms. The molecular formula is C16H27N5OS. The Hall–Kier alpha value is -1.24. The van der Waals surface area contributed by atoms with Crippen LogP contribution in [0.15, 0.2) is 0 Å². The zero-order valence-electron chi connectivity index (χ0n) is 14.5. The quantitative estimate of drug-likeness (QED) is 0.920. The van der Waals surface area contributed by atoms with Crippen LogP contribution in [0.4, 0.5) is 4.79 Å². The summed E-state index contributed by atoms with van der Waals surface area (Å²) in [5, 5.41) is 12.8. The number of urea groups is 1. The van der Waals surface area contributed by atoms with Crippen LogP contribution in [0, 0.1) is 5.92 Å². The highest BCUT2D eigenvalue weighted by Gasteiger charge is 2.31. The molecule has 0 bridgehead atoms. The van der Waals surface area contributed by atoms with E-state index in [0.29, 0.717) is 10.5 Å². The van der Waals surface area contributed by atoms with Crippen LogP contribution < -0.4 is 5.32 Å². The van der Waals surface area contributed by atoms with Crippen molar-refractivity contribution in [2.45, 2.75) is 63.6 Å². The summed E-state index contributed by atoms with van der Waals surface area (Å²) in [5.74, 6) is 2.24. The Labute approximate surface area is 142 Å². The molecule has 2 amide bonds. The minimum absolute atomic E-state index is 0.0260. The smallest absolute Gasteiger partial charge is 0.318 e. The first-order valence-corrected chi connectivity index (χ1v) is 9.53. The highest BCUT2D eigenvalue weighted by Crippen LogP contribution is 2.27. The van der Waals surface area contributed by atoms with Crippen molar-refractivity contribution in [1.29, 1.82) is 0 Å². The predicted octanol–water partition coefficient (Wildman–Crippen LogP) is 2.46. The molecule has 0 saturated carbocycles. The molecule has 1 fully saturated rings. The lowest BCUT2D eigenvalue weighted by Gasteiger charge is -2.36. The molecule has 6 nitrogen and oxygen atoms in total. The van der Waals surface area contributed by atoms with Crippen molar-refractivity contribution >= 4 is 17.8 Å². The number of hydrogen-bond donors (Lipinski definition) is 1. The van der Waals surface area contributed by atoms with Crippen LogP contribution >= 0.6 is 11.8 Å². The van der Waals surface area contributed by atoms with Gasteiger partial charge in [-0.15, -0.1) is 10.2 Å². The maximum absolute atomic E-state index is 12.7. The van der Waals surface area contributed by atoms with Gasteiger partial charge in [-0.25, -0.2) is 4.79 Å². The zero-order chi connectivity index (χ0) is 16.6. The van der Waals surface area contributed by atoms with E-state index >= 15 is 0 Å². The first-order valence-electron chi connectivity index (χ1n) is 8.58. The first kappa shape index (κ1) is 16.6. The molecule has 7 heteroatoms. The molecule has 0 radical (unpaired) electrons. The lowest BCUT2D eigenvalue weighted by Crippen LogP contribution is -2.50. The fraction of sp³-hybridized carbons (Fsp3) is 0.812. The van der Waals surface area contributed by atoms with Gasteiger partial charge >= 0.3 is 6.03 Å². The molecule has 0 aromatic carbocycles. The Morgan fingerprint density at radius 2 is 1.96 bits per heavy atom. The molecular weight excluding hydrogens is 310 g/mol. The van der Waals surface area contributed by atoms with Gasteiger partial charge in [0.05, 0.1) is 6.04 Å². The van der Waals surface area contributed by atoms with Gasteiger partial charge < -0.3 is 14.8 Å². The number of aromatic nitrogens is 3. The van der Waals surface area contributed by atoms with E-state index in [1.54, 1.807) is 0 Å². The topological polar surface area (TPSA) is 63.1 Å². The van der Waals surface area contributed by atoms with Crippen molar-refractivity contribution in [2.75, 3.05) is 13.1 Å². The third-order valence-corrected chi connectivity index (χ3v) is 5.80. The average molecular weight is 337 g/mol. The van der Waals surface area contributed by atoms with Gasteiger partial charge in [0.25, 0.3) is 0 Å². The Kier molecular flexibility index (Phi) is 4.85. The summed E-state index contributed by atoms with van der Waals surface area (Å²) in [4.78, 5) is 14.7. The summed E-state index contributed by atoms with van der Waals surface area (Å²) in [6.07, 6.45) is 2.11. The monoisotopic (exact) mass is 337 g/mol. The Morgan fingerprint density at radius 3 is 2.61 bits per heavy atom. The van der Waals surface area contributed by atoms with E-state index in [1.807, 2.05) is 16.7 Å². The number of hydrogen-bond acceptors (Lipinski definition) is 4. The number of aryl methyl sites for hydroxylation is 1. The highest BCUT2D eigenvalue weighted by molar-refractivity contribution is 8.00. The zero-order valence-corrected chi connectivity index (χ0v) is 15.3. The van der Waals surface area contributed by atoms with E-state index in [4.69, 9.17) is 0 Å². The molecule has 1 aromatic rings. The number of carbonyl (C=O) groups excluding carboxylic acids is 1. The van der Waals surface area contributed by atoms with Crippen molar-refractivity contribution in [3.63, 3.8) is 0 Å². The van der Waals surface area contributed by atoms with E-state index in [2.05, 4.69) is 47.8 Å². The van der Waals surface area contributed by atoms with Crippen molar-refractivity contribution < 1.29 is 4.79 Å². The number of amides is 2. The summed E-state index contributed by atoms with van der Waals surface area (Å²) in [6, 6.07) is -0.0555. The van der Waals surface area contributed by atoms with E-state index in [9.17, 15) is 4.79 Å². The minimum Gasteiger partial charge on any atom is -0.328 e. The maximum atomic E-state index is 12.7. The molecule has 1 saturated heterocycles. The molecule has 3 heterocycles. The van der Waals surface area contributed by atoms with Crippen molar-refractivity contribution in [3.8, 4) is 0 Å². The van der Waals surface area contributed by atoms with Crippen molar-refractivity contribution in [3.05, 3.63) is 11.6 Å². The van der Waals surface area contributed by atoms with E-state index < -0.39 is 0 Å². The average Bonchev–Trinajstić information content (AvgIpc) is 3.06. The molecule has 0 unspecified atom stereocenters. The normalized spacial score (nSPS) is 25.5. The molecule has 23 heavy (non-hydrogen) atoms. The van der Waals surface area contributed by atoms with Crippen LogP contribution in [0.25, 0.3) is 0 Å². The number of fused-ring (bicyclic) bond motifs is 1. The number of carbonyl (C=O) groups is 1. The van der Waals surface area contributed by atoms with Crippen molar-refractivity contribution in [1.82, 2.24) is 25.0 Å². The predicted molar refractivity (Wildman–Crippen MR) is 92.5 cm³/mol. The molecule has 3 atom stereocenters. The van der Waals surface area contributed by atoms with Crippen LogP contribution in [0.1, 0.15) is 51.8 Å². The summed E-state index contributed by atoms with van der Waals surface area (Å²) in [7, 11) is 0. The molecule has 1 N–H and O–H groups in total. The van der Waals surface area contributed by atoms with Gasteiger partial charge in [0, 0.05) is 36.6 Å². The Morgan fingerprint density at radius 1 is 1.26 bits per heavy atom. The maximum Gasteiger partial charge on any atom is 0.318 e. The second-order valence-electron chi connectivity index (χ2n) is 7.06. The van der Waals surface area contributed by atoms with Crippen LogP contribution in [-0.4, -0.2) is 49.3 Å². The van der Waals surface area contributed by atoms with Crippen LogP contribution in [0.5, 0.6) is 0 Å². The van der Waals surface area contributed by atoms with Gasteiger partial charge in [0.15, 0.2) is 5.82 Å². The first-order chi connectivity index (χ1) is 11.0. The van der Waals surface area contributed by atoms with E-state index in [0.717, 1.165) is 44.1 Å². The van der Waals surface area contributed by atoms with Crippen LogP contribution in [0.3, 0.4) is 0 Å². The fourth-order valence-electron chi connectivity index (χ4n) is 3.50. The van der Waals surface area contributed by atoms with Crippen LogP contribution in [-0.2, 0) is 13.0 Å². The third-order valence-electron chi connectivity index (χ3n) is 4.57. The number of rotatable bonds is 3. The minimum atomic E-state index is -0.0814.